The van der Waals surface area contributed by atoms with Crippen LogP contribution in [0.4, 0.5) is 0 Å². The molecule has 1 saturated heterocycles. The first-order valence-corrected chi connectivity index (χ1v) is 12.3. The van der Waals surface area contributed by atoms with Crippen LogP contribution in [-0.2, 0) is 0 Å². The molecule has 0 aromatic heterocycles. The van der Waals surface area contributed by atoms with Gasteiger partial charge in [-0.05, 0) is 43.4 Å². The van der Waals surface area contributed by atoms with Crippen LogP contribution in [0.15, 0.2) is 24.3 Å². The van der Waals surface area contributed by atoms with Crippen molar-refractivity contribution in [2.75, 3.05) is 0 Å². The van der Waals surface area contributed by atoms with Gasteiger partial charge < -0.3 is 0 Å². The Bertz CT molecular complexity index is 377. The van der Waals surface area contributed by atoms with Gasteiger partial charge in [-0.25, -0.2) is 0 Å². The van der Waals surface area contributed by atoms with Gasteiger partial charge in [0, 0.05) is 5.16 Å². The zero-order valence-electron chi connectivity index (χ0n) is 16.6. The average Bonchev–Trinajstić information content (AvgIpc) is 3.00. The molecule has 0 aromatic carbocycles. The van der Waals surface area contributed by atoms with Crippen molar-refractivity contribution >= 4 is 7.92 Å². The summed E-state index contributed by atoms with van der Waals surface area (Å²) in [6, 6.07) is 0. The van der Waals surface area contributed by atoms with Crippen molar-refractivity contribution in [2.24, 2.45) is 0 Å². The fourth-order valence-electron chi connectivity index (χ4n) is 4.88. The predicted molar refractivity (Wildman–Crippen MR) is 113 cm³/mol. The van der Waals surface area contributed by atoms with Crippen LogP contribution >= 0.6 is 7.92 Å². The topological polar surface area (TPSA) is 0 Å². The van der Waals surface area contributed by atoms with Gasteiger partial charge in [-0.2, -0.15) is 0 Å². The number of unbranched alkanes of at least 4 members (excludes halogenated alkanes) is 6. The fourth-order valence-corrected chi connectivity index (χ4v) is 9.50. The molecule has 0 saturated carbocycles. The summed E-state index contributed by atoms with van der Waals surface area (Å²) < 4.78 is 0. The van der Waals surface area contributed by atoms with E-state index in [0.29, 0.717) is 5.16 Å². The molecule has 0 amide bonds. The largest absolute Gasteiger partial charge is 0.0900 e. The first kappa shape index (κ1) is 20.2. The zero-order chi connectivity index (χ0) is 17.3. The third-order valence-corrected chi connectivity index (χ3v) is 10.3. The number of hydrogen-bond acceptors (Lipinski definition) is 0. The first-order valence-electron chi connectivity index (χ1n) is 10.8. The summed E-state index contributed by atoms with van der Waals surface area (Å²) in [5.41, 5.74) is 2.10. The maximum absolute atomic E-state index is 2.59. The lowest BCUT2D eigenvalue weighted by atomic mass is 10.0. The average molecular weight is 349 g/mol. The summed E-state index contributed by atoms with van der Waals surface area (Å²) in [5.74, 6) is 0. The second-order valence-corrected chi connectivity index (χ2v) is 11.6. The van der Waals surface area contributed by atoms with E-state index < -0.39 is 0 Å². The molecule has 138 valence electrons. The van der Waals surface area contributed by atoms with Gasteiger partial charge in [-0.15, -0.1) is 0 Å². The van der Waals surface area contributed by atoms with E-state index in [9.17, 15) is 0 Å². The summed E-state index contributed by atoms with van der Waals surface area (Å²) in [4.78, 5) is 0. The minimum absolute atomic E-state index is 0.148. The van der Waals surface area contributed by atoms with Gasteiger partial charge in [-0.3, -0.25) is 0 Å². The second-order valence-electron chi connectivity index (χ2n) is 8.34. The summed E-state index contributed by atoms with van der Waals surface area (Å²) in [6.07, 6.45) is 28.5. The maximum atomic E-state index is 2.59. The molecule has 3 atom stereocenters. The van der Waals surface area contributed by atoms with Gasteiger partial charge in [0.05, 0.1) is 0 Å². The minimum atomic E-state index is 0.148. The lowest BCUT2D eigenvalue weighted by Crippen LogP contribution is -2.27. The van der Waals surface area contributed by atoms with Crippen molar-refractivity contribution in [3.8, 4) is 0 Å². The summed E-state index contributed by atoms with van der Waals surface area (Å²) in [5, 5.41) is 0.491. The first-order chi connectivity index (χ1) is 11.7. The van der Waals surface area contributed by atoms with Crippen LogP contribution in [0.25, 0.3) is 0 Å². The molecule has 2 rings (SSSR count). The Morgan fingerprint density at radius 1 is 0.833 bits per heavy atom. The molecule has 1 aliphatic carbocycles. The molecular formula is C23H41P. The minimum Gasteiger partial charge on any atom is -0.0900 e. The van der Waals surface area contributed by atoms with Crippen molar-refractivity contribution in [1.82, 2.24) is 0 Å². The van der Waals surface area contributed by atoms with Gasteiger partial charge >= 0.3 is 0 Å². The third-order valence-electron chi connectivity index (χ3n) is 6.23. The van der Waals surface area contributed by atoms with Gasteiger partial charge in [-0.1, -0.05) is 104 Å². The van der Waals surface area contributed by atoms with E-state index in [2.05, 4.69) is 45.1 Å². The second kappa shape index (κ2) is 10.8. The van der Waals surface area contributed by atoms with Crippen molar-refractivity contribution in [2.45, 2.75) is 121 Å². The van der Waals surface area contributed by atoms with Crippen molar-refractivity contribution in [3.63, 3.8) is 0 Å². The molecule has 0 spiro atoms. The van der Waals surface area contributed by atoms with Gasteiger partial charge in [0.1, 0.15) is 0 Å². The number of allylic oxidation sites excluding steroid dienone is 4. The molecule has 1 fully saturated rings. The van der Waals surface area contributed by atoms with E-state index in [-0.39, 0.29) is 7.92 Å². The molecule has 0 aromatic rings. The normalized spacial score (nSPS) is 32.5. The molecule has 0 N–H and O–H groups in total. The Morgan fingerprint density at radius 3 is 1.88 bits per heavy atom. The van der Waals surface area contributed by atoms with E-state index in [1.807, 2.05) is 0 Å². The van der Waals surface area contributed by atoms with Crippen LogP contribution in [0.3, 0.4) is 0 Å². The monoisotopic (exact) mass is 348 g/mol. The number of rotatable bonds is 11. The molecule has 0 nitrogen and oxygen atoms in total. The molecule has 3 unspecified atom stereocenters. The van der Waals surface area contributed by atoms with Crippen LogP contribution in [0.5, 0.6) is 0 Å². The highest BCUT2D eigenvalue weighted by Gasteiger charge is 2.44. The Labute approximate surface area is 153 Å². The van der Waals surface area contributed by atoms with Crippen LogP contribution in [0.2, 0.25) is 0 Å². The standard InChI is InChI=1S/C23H41P/c1-4-6-8-11-15-21-17-18-22(16-12-9-7-5-2)24(21)23(3)19-13-10-14-20-23/h10,13-14,19,21-22H,4-9,11-12,15-18,20H2,1-3H3. The highest BCUT2D eigenvalue weighted by atomic mass is 31.1. The Balaban J connectivity index is 1.96. The lowest BCUT2D eigenvalue weighted by Gasteiger charge is -2.41. The third kappa shape index (κ3) is 5.72. The van der Waals surface area contributed by atoms with Crippen LogP contribution in [-0.4, -0.2) is 16.5 Å². The van der Waals surface area contributed by atoms with E-state index in [1.54, 1.807) is 0 Å². The van der Waals surface area contributed by atoms with Crippen molar-refractivity contribution in [3.05, 3.63) is 24.3 Å². The molecule has 24 heavy (non-hydrogen) atoms. The van der Waals surface area contributed by atoms with Crippen LogP contribution in [0, 0.1) is 0 Å². The summed E-state index contributed by atoms with van der Waals surface area (Å²) >= 11 is 0. The maximum Gasteiger partial charge on any atom is 0.00980 e. The Hall–Kier alpha value is -0.0900. The molecule has 1 heterocycles. The quantitative estimate of drug-likeness (QED) is 0.260. The zero-order valence-corrected chi connectivity index (χ0v) is 17.5. The molecule has 0 radical (unpaired) electrons. The SMILES string of the molecule is CCCCCCC1CCC(CCCCCC)P1C1(C)C=CC=CC1. The number of hydrogen-bond donors (Lipinski definition) is 0. The predicted octanol–water partition coefficient (Wildman–Crippen LogP) is 8.21. The highest BCUT2D eigenvalue weighted by Crippen LogP contribution is 2.68. The van der Waals surface area contributed by atoms with E-state index in [0.717, 1.165) is 11.3 Å². The van der Waals surface area contributed by atoms with E-state index in [1.165, 1.54) is 83.5 Å². The smallest absolute Gasteiger partial charge is 0.00980 e. The molecule has 1 aliphatic heterocycles. The molecule has 1 heteroatoms. The van der Waals surface area contributed by atoms with Crippen molar-refractivity contribution in [1.29, 1.82) is 0 Å². The molecule has 0 bridgehead atoms. The fraction of sp³-hybridized carbons (Fsp3) is 0.826. The van der Waals surface area contributed by atoms with Gasteiger partial charge in [0.2, 0.25) is 0 Å². The summed E-state index contributed by atoms with van der Waals surface area (Å²) in [7, 11) is 0.148. The Morgan fingerprint density at radius 2 is 1.42 bits per heavy atom. The lowest BCUT2D eigenvalue weighted by molar-refractivity contribution is 0.580. The van der Waals surface area contributed by atoms with Crippen LogP contribution < -0.4 is 0 Å². The van der Waals surface area contributed by atoms with E-state index >= 15 is 0 Å². The van der Waals surface area contributed by atoms with Gasteiger partial charge in [0.15, 0.2) is 0 Å². The van der Waals surface area contributed by atoms with E-state index in [4.69, 9.17) is 0 Å². The molecule has 2 aliphatic rings. The molecular weight excluding hydrogens is 307 g/mol. The van der Waals surface area contributed by atoms with Crippen molar-refractivity contribution < 1.29 is 0 Å². The summed E-state index contributed by atoms with van der Waals surface area (Å²) in [6.45, 7) is 7.24. The highest BCUT2D eigenvalue weighted by molar-refractivity contribution is 7.61. The van der Waals surface area contributed by atoms with Gasteiger partial charge in [0.25, 0.3) is 0 Å². The Kier molecular flexibility index (Phi) is 9.10. The van der Waals surface area contributed by atoms with Crippen LogP contribution in [0.1, 0.15) is 104 Å².